The van der Waals surface area contributed by atoms with Crippen molar-refractivity contribution in [2.75, 3.05) is 37.5 Å². The molecule has 7 heteroatoms. The van der Waals surface area contributed by atoms with E-state index in [0.29, 0.717) is 23.7 Å². The minimum Gasteiger partial charge on any atom is -0.378 e. The first-order valence-electron chi connectivity index (χ1n) is 9.30. The molecule has 0 amide bonds. The summed E-state index contributed by atoms with van der Waals surface area (Å²) < 4.78 is 29.0. The topological polar surface area (TPSA) is 63.7 Å². The maximum absolute atomic E-state index is 13.0. The second-order valence-corrected chi connectivity index (χ2v) is 9.97. The number of morpholine rings is 1. The van der Waals surface area contributed by atoms with Crippen molar-refractivity contribution in [3.8, 4) is 11.1 Å². The fourth-order valence-electron chi connectivity index (χ4n) is 3.31. The molecule has 3 aromatic rings. The van der Waals surface area contributed by atoms with Crippen molar-refractivity contribution in [1.29, 1.82) is 0 Å². The Balaban J connectivity index is 1.77. The number of nitrogens with zero attached hydrogens (tertiary/aromatic N) is 1. The van der Waals surface area contributed by atoms with E-state index in [4.69, 9.17) is 4.74 Å². The molecule has 4 rings (SSSR count). The Morgan fingerprint density at radius 1 is 1.00 bits per heavy atom. The number of hydrogen-bond acceptors (Lipinski definition) is 6. The van der Waals surface area contributed by atoms with Gasteiger partial charge in [-0.2, -0.15) is 0 Å². The van der Waals surface area contributed by atoms with Crippen LogP contribution in [0.3, 0.4) is 0 Å². The number of benzene rings is 2. The second-order valence-electron chi connectivity index (χ2n) is 6.92. The Morgan fingerprint density at radius 3 is 2.28 bits per heavy atom. The number of rotatable bonds is 5. The smallest absolute Gasteiger partial charge is 0.203 e. The molecule has 0 atom stereocenters. The van der Waals surface area contributed by atoms with Crippen LogP contribution in [0.25, 0.3) is 11.1 Å². The SMILES string of the molecule is CS(=O)(=O)c1ccc(-c2cc(C(=O)c3ccccc3)sc2N2CCOCC2)cc1. The number of hydrogen-bond donors (Lipinski definition) is 0. The van der Waals surface area contributed by atoms with E-state index in [9.17, 15) is 13.2 Å². The third-order valence-corrected chi connectivity index (χ3v) is 7.19. The molecule has 1 fully saturated rings. The number of anilines is 1. The van der Waals surface area contributed by atoms with Gasteiger partial charge in [-0.25, -0.2) is 8.42 Å². The van der Waals surface area contributed by atoms with Crippen molar-refractivity contribution in [2.24, 2.45) is 0 Å². The van der Waals surface area contributed by atoms with Crippen LogP contribution in [-0.4, -0.2) is 46.8 Å². The Hall–Kier alpha value is -2.48. The number of ketones is 1. The van der Waals surface area contributed by atoms with Crippen molar-refractivity contribution in [3.05, 3.63) is 71.1 Å². The van der Waals surface area contributed by atoms with Crippen molar-refractivity contribution in [2.45, 2.75) is 4.90 Å². The zero-order chi connectivity index (χ0) is 20.4. The van der Waals surface area contributed by atoms with Gasteiger partial charge in [0.05, 0.1) is 28.0 Å². The van der Waals surface area contributed by atoms with Crippen LogP contribution in [0.15, 0.2) is 65.6 Å². The predicted octanol–water partition coefficient (Wildman–Crippen LogP) is 3.89. The average molecular weight is 428 g/mol. The molecule has 0 spiro atoms. The van der Waals surface area contributed by atoms with Crippen LogP contribution in [0, 0.1) is 0 Å². The van der Waals surface area contributed by atoms with Crippen LogP contribution in [0.2, 0.25) is 0 Å². The van der Waals surface area contributed by atoms with E-state index < -0.39 is 9.84 Å². The molecule has 1 aliphatic rings. The molecule has 1 aromatic heterocycles. The Bertz CT molecular complexity index is 1110. The van der Waals surface area contributed by atoms with Crippen LogP contribution < -0.4 is 4.90 Å². The maximum atomic E-state index is 13.0. The first kappa shape index (κ1) is 19.8. The van der Waals surface area contributed by atoms with Gasteiger partial charge in [0.15, 0.2) is 9.84 Å². The summed E-state index contributed by atoms with van der Waals surface area (Å²) in [5.41, 5.74) is 2.49. The number of carbonyl (C=O) groups is 1. The standard InChI is InChI=1S/C22H21NO4S2/c1-29(25,26)18-9-7-16(8-10-18)19-15-20(21(24)17-5-3-2-4-6-17)28-22(19)23-11-13-27-14-12-23/h2-10,15H,11-14H2,1H3. The van der Waals surface area contributed by atoms with Crippen molar-refractivity contribution < 1.29 is 17.9 Å². The van der Waals surface area contributed by atoms with Crippen molar-refractivity contribution in [1.82, 2.24) is 0 Å². The predicted molar refractivity (Wildman–Crippen MR) is 116 cm³/mol. The minimum absolute atomic E-state index is 0.0101. The van der Waals surface area contributed by atoms with Crippen LogP contribution in [-0.2, 0) is 14.6 Å². The molecule has 0 saturated carbocycles. The Morgan fingerprint density at radius 2 is 1.66 bits per heavy atom. The van der Waals surface area contributed by atoms with Gasteiger partial charge in [0.25, 0.3) is 0 Å². The fraction of sp³-hybridized carbons (Fsp3) is 0.227. The molecule has 1 aliphatic heterocycles. The number of thiophene rings is 1. The number of sulfone groups is 1. The molecular formula is C22H21NO4S2. The molecule has 2 aromatic carbocycles. The normalized spacial score (nSPS) is 14.7. The molecule has 0 aliphatic carbocycles. The third kappa shape index (κ3) is 4.27. The fourth-order valence-corrected chi connectivity index (χ4v) is 5.14. The van der Waals surface area contributed by atoms with Crippen LogP contribution in [0.1, 0.15) is 15.2 Å². The highest BCUT2D eigenvalue weighted by atomic mass is 32.2. The van der Waals surface area contributed by atoms with Gasteiger partial charge in [-0.15, -0.1) is 11.3 Å². The van der Waals surface area contributed by atoms with Crippen LogP contribution in [0.5, 0.6) is 0 Å². The van der Waals surface area contributed by atoms with Crippen LogP contribution in [0.4, 0.5) is 5.00 Å². The van der Waals surface area contributed by atoms with E-state index in [0.717, 1.165) is 29.2 Å². The highest BCUT2D eigenvalue weighted by molar-refractivity contribution is 7.90. The van der Waals surface area contributed by atoms with Gasteiger partial charge in [0.2, 0.25) is 5.78 Å². The van der Waals surface area contributed by atoms with E-state index in [1.807, 2.05) is 36.4 Å². The van der Waals surface area contributed by atoms with Crippen LogP contribution >= 0.6 is 11.3 Å². The molecule has 0 bridgehead atoms. The van der Waals surface area contributed by atoms with Gasteiger partial charge in [-0.1, -0.05) is 42.5 Å². The summed E-state index contributed by atoms with van der Waals surface area (Å²) in [4.78, 5) is 16.2. The van der Waals surface area contributed by atoms with E-state index >= 15 is 0 Å². The largest absolute Gasteiger partial charge is 0.378 e. The lowest BCUT2D eigenvalue weighted by atomic mass is 10.1. The summed E-state index contributed by atoms with van der Waals surface area (Å²) >= 11 is 1.48. The summed E-state index contributed by atoms with van der Waals surface area (Å²) in [5.74, 6) is -0.0101. The van der Waals surface area contributed by atoms with Gasteiger partial charge in [0.1, 0.15) is 0 Å². The maximum Gasteiger partial charge on any atom is 0.203 e. The molecule has 150 valence electrons. The lowest BCUT2D eigenvalue weighted by Gasteiger charge is -2.28. The third-order valence-electron chi connectivity index (χ3n) is 4.86. The van der Waals surface area contributed by atoms with Gasteiger partial charge < -0.3 is 9.64 Å². The highest BCUT2D eigenvalue weighted by Crippen LogP contribution is 2.40. The number of ether oxygens (including phenoxy) is 1. The van der Waals surface area contributed by atoms with Gasteiger partial charge in [-0.3, -0.25) is 4.79 Å². The molecule has 1 saturated heterocycles. The van der Waals surface area contributed by atoms with Gasteiger partial charge >= 0.3 is 0 Å². The monoisotopic (exact) mass is 427 g/mol. The molecule has 2 heterocycles. The lowest BCUT2D eigenvalue weighted by Crippen LogP contribution is -2.35. The van der Waals surface area contributed by atoms with E-state index in [1.165, 1.54) is 17.6 Å². The Kier molecular flexibility index (Phi) is 5.54. The Labute approximate surface area is 174 Å². The molecule has 29 heavy (non-hydrogen) atoms. The highest BCUT2D eigenvalue weighted by Gasteiger charge is 2.22. The molecule has 5 nitrogen and oxygen atoms in total. The molecule has 0 N–H and O–H groups in total. The molecular weight excluding hydrogens is 406 g/mol. The summed E-state index contributed by atoms with van der Waals surface area (Å²) in [6, 6.07) is 18.0. The van der Waals surface area contributed by atoms with Crippen molar-refractivity contribution in [3.63, 3.8) is 0 Å². The quantitative estimate of drug-likeness (QED) is 0.578. The van der Waals surface area contributed by atoms with Gasteiger partial charge in [-0.05, 0) is 23.8 Å². The second kappa shape index (κ2) is 8.10. The van der Waals surface area contributed by atoms with Crippen molar-refractivity contribution >= 4 is 32.0 Å². The summed E-state index contributed by atoms with van der Waals surface area (Å²) in [7, 11) is -3.26. The van der Waals surface area contributed by atoms with E-state index in [2.05, 4.69) is 4.90 Å². The molecule has 0 radical (unpaired) electrons. The lowest BCUT2D eigenvalue weighted by molar-refractivity contribution is 0.104. The first-order valence-corrected chi connectivity index (χ1v) is 12.0. The summed E-state index contributed by atoms with van der Waals surface area (Å²) in [6.45, 7) is 2.81. The zero-order valence-electron chi connectivity index (χ0n) is 16.0. The van der Waals surface area contributed by atoms with E-state index in [1.54, 1.807) is 24.3 Å². The van der Waals surface area contributed by atoms with Gasteiger partial charge in [0, 0.05) is 30.5 Å². The molecule has 0 unspecified atom stereocenters. The zero-order valence-corrected chi connectivity index (χ0v) is 17.6. The number of carbonyl (C=O) groups excluding carboxylic acids is 1. The summed E-state index contributed by atoms with van der Waals surface area (Å²) in [5, 5.41) is 1.01. The van der Waals surface area contributed by atoms with E-state index in [-0.39, 0.29) is 10.7 Å². The average Bonchev–Trinajstić information content (AvgIpc) is 3.19. The first-order chi connectivity index (χ1) is 13.9. The summed E-state index contributed by atoms with van der Waals surface area (Å²) in [6.07, 6.45) is 1.20. The minimum atomic E-state index is -3.26.